The number of carbonyl (C=O) groups excluding carboxylic acids is 2. The lowest BCUT2D eigenvalue weighted by Gasteiger charge is -2.20. The number of carbonyl (C=O) groups is 3. The van der Waals surface area contributed by atoms with E-state index in [2.05, 4.69) is 17.2 Å². The molecule has 2 amide bonds. The van der Waals surface area contributed by atoms with Crippen molar-refractivity contribution in [3.05, 3.63) is 12.7 Å². The van der Waals surface area contributed by atoms with Crippen molar-refractivity contribution in [2.45, 2.75) is 51.7 Å². The van der Waals surface area contributed by atoms with Crippen molar-refractivity contribution < 1.29 is 24.2 Å². The molecule has 0 heterocycles. The molecule has 1 atom stereocenters. The van der Waals surface area contributed by atoms with Crippen LogP contribution in [-0.4, -0.2) is 41.3 Å². The first kappa shape index (κ1) is 18.9. The number of urea groups is 1. The highest BCUT2D eigenvalue weighted by Gasteiger charge is 2.23. The molecule has 7 nitrogen and oxygen atoms in total. The number of aliphatic carboxylic acids is 1. The standard InChI is InChI=1S/C14H24N2O5/c1-5-6-9-15-13(20)16-10(12(18)19)7-8-11(17)21-14(2,3)4/h5,10H,1,6-9H2,2-4H3,(H,18,19)(H2,15,16,20)/t10-/m1/s1. The summed E-state index contributed by atoms with van der Waals surface area (Å²) in [7, 11) is 0. The predicted octanol–water partition coefficient (Wildman–Crippen LogP) is 1.44. The van der Waals surface area contributed by atoms with E-state index >= 15 is 0 Å². The molecule has 0 aliphatic carbocycles. The fourth-order valence-corrected chi connectivity index (χ4v) is 1.41. The van der Waals surface area contributed by atoms with E-state index in [9.17, 15) is 14.4 Å². The molecule has 0 aromatic carbocycles. The molecule has 0 aliphatic heterocycles. The number of rotatable bonds is 8. The topological polar surface area (TPSA) is 105 Å². The minimum atomic E-state index is -1.20. The molecule has 0 aromatic heterocycles. The Morgan fingerprint density at radius 2 is 1.95 bits per heavy atom. The minimum absolute atomic E-state index is 0.0286. The Balaban J connectivity index is 4.25. The maximum absolute atomic E-state index is 11.5. The third-order valence-corrected chi connectivity index (χ3v) is 2.29. The number of hydrogen-bond donors (Lipinski definition) is 3. The number of carboxylic acid groups (broad SMARTS) is 1. The summed E-state index contributed by atoms with van der Waals surface area (Å²) in [6.45, 7) is 9.06. The Bertz CT molecular complexity index is 387. The second-order valence-electron chi connectivity index (χ2n) is 5.49. The third kappa shape index (κ3) is 10.4. The van der Waals surface area contributed by atoms with Gasteiger partial charge >= 0.3 is 18.0 Å². The Hall–Kier alpha value is -2.05. The summed E-state index contributed by atoms with van der Waals surface area (Å²) in [6.07, 6.45) is 2.11. The lowest BCUT2D eigenvalue weighted by molar-refractivity contribution is -0.155. The van der Waals surface area contributed by atoms with Crippen molar-refractivity contribution >= 4 is 18.0 Å². The number of hydrogen-bond acceptors (Lipinski definition) is 4. The lowest BCUT2D eigenvalue weighted by atomic mass is 10.1. The van der Waals surface area contributed by atoms with Crippen molar-refractivity contribution in [3.63, 3.8) is 0 Å². The number of nitrogens with one attached hydrogen (secondary N) is 2. The Morgan fingerprint density at radius 3 is 2.43 bits per heavy atom. The van der Waals surface area contributed by atoms with Gasteiger partial charge in [-0.2, -0.15) is 0 Å². The molecule has 0 saturated carbocycles. The molecule has 0 spiro atoms. The van der Waals surface area contributed by atoms with Gasteiger partial charge in [0.15, 0.2) is 0 Å². The summed E-state index contributed by atoms with van der Waals surface area (Å²) in [5.74, 6) is -1.69. The van der Waals surface area contributed by atoms with Crippen molar-refractivity contribution in [1.82, 2.24) is 10.6 Å². The normalized spacial score (nSPS) is 12.1. The maximum Gasteiger partial charge on any atom is 0.326 e. The zero-order chi connectivity index (χ0) is 16.5. The van der Waals surface area contributed by atoms with Crippen LogP contribution in [0, 0.1) is 0 Å². The number of esters is 1. The largest absolute Gasteiger partial charge is 0.480 e. The summed E-state index contributed by atoms with van der Waals surface area (Å²) in [5, 5.41) is 13.8. The minimum Gasteiger partial charge on any atom is -0.480 e. The molecule has 0 aromatic rings. The average Bonchev–Trinajstić information content (AvgIpc) is 2.32. The quantitative estimate of drug-likeness (QED) is 0.357. The van der Waals surface area contributed by atoms with Crippen LogP contribution in [0.1, 0.15) is 40.0 Å². The molecule has 0 fully saturated rings. The average molecular weight is 300 g/mol. The maximum atomic E-state index is 11.5. The Kier molecular flexibility index (Phi) is 8.11. The first-order valence-electron chi connectivity index (χ1n) is 6.75. The van der Waals surface area contributed by atoms with Gasteiger partial charge in [0.1, 0.15) is 11.6 Å². The molecule has 0 rings (SSSR count). The number of amides is 2. The highest BCUT2D eigenvalue weighted by atomic mass is 16.6. The van der Waals surface area contributed by atoms with Crippen molar-refractivity contribution in [1.29, 1.82) is 0 Å². The van der Waals surface area contributed by atoms with Crippen LogP contribution in [0.2, 0.25) is 0 Å². The Labute approximate surface area is 124 Å². The van der Waals surface area contributed by atoms with Gasteiger partial charge in [0.05, 0.1) is 0 Å². The fourth-order valence-electron chi connectivity index (χ4n) is 1.41. The molecule has 0 unspecified atom stereocenters. The molecule has 21 heavy (non-hydrogen) atoms. The summed E-state index contributed by atoms with van der Waals surface area (Å²) in [6, 6.07) is -1.73. The third-order valence-electron chi connectivity index (χ3n) is 2.29. The molecule has 0 bridgehead atoms. The van der Waals surface area contributed by atoms with Gasteiger partial charge in [0.2, 0.25) is 0 Å². The summed E-state index contributed by atoms with van der Waals surface area (Å²) < 4.78 is 5.08. The van der Waals surface area contributed by atoms with E-state index in [0.29, 0.717) is 13.0 Å². The van der Waals surface area contributed by atoms with E-state index in [-0.39, 0.29) is 12.8 Å². The van der Waals surface area contributed by atoms with Crippen LogP contribution in [0.25, 0.3) is 0 Å². The van der Waals surface area contributed by atoms with E-state index in [1.165, 1.54) is 0 Å². The Morgan fingerprint density at radius 1 is 1.33 bits per heavy atom. The van der Waals surface area contributed by atoms with Crippen LogP contribution in [0.15, 0.2) is 12.7 Å². The van der Waals surface area contributed by atoms with Crippen LogP contribution < -0.4 is 10.6 Å². The van der Waals surface area contributed by atoms with Crippen molar-refractivity contribution in [2.24, 2.45) is 0 Å². The van der Waals surface area contributed by atoms with E-state index in [1.54, 1.807) is 26.8 Å². The lowest BCUT2D eigenvalue weighted by Crippen LogP contribution is -2.46. The van der Waals surface area contributed by atoms with Crippen LogP contribution in [0.3, 0.4) is 0 Å². The van der Waals surface area contributed by atoms with Crippen LogP contribution >= 0.6 is 0 Å². The monoisotopic (exact) mass is 300 g/mol. The van der Waals surface area contributed by atoms with Gasteiger partial charge in [-0.05, 0) is 33.6 Å². The van der Waals surface area contributed by atoms with Crippen LogP contribution in [-0.2, 0) is 14.3 Å². The highest BCUT2D eigenvalue weighted by molar-refractivity contribution is 5.83. The summed E-state index contributed by atoms with van der Waals surface area (Å²) in [4.78, 5) is 34.0. The fraction of sp³-hybridized carbons (Fsp3) is 0.643. The molecular formula is C14H24N2O5. The van der Waals surface area contributed by atoms with Crippen molar-refractivity contribution in [3.8, 4) is 0 Å². The molecule has 0 aliphatic rings. The van der Waals surface area contributed by atoms with Gasteiger partial charge in [-0.15, -0.1) is 6.58 Å². The highest BCUT2D eigenvalue weighted by Crippen LogP contribution is 2.10. The van der Waals surface area contributed by atoms with E-state index in [4.69, 9.17) is 9.84 Å². The molecule has 120 valence electrons. The van der Waals surface area contributed by atoms with Gasteiger partial charge < -0.3 is 20.5 Å². The SMILES string of the molecule is C=CCCNC(=O)N[C@H](CCC(=O)OC(C)(C)C)C(=O)O. The zero-order valence-electron chi connectivity index (χ0n) is 12.8. The van der Waals surface area contributed by atoms with Gasteiger partial charge in [-0.25, -0.2) is 9.59 Å². The second-order valence-corrected chi connectivity index (χ2v) is 5.49. The van der Waals surface area contributed by atoms with Gasteiger partial charge in [0, 0.05) is 13.0 Å². The van der Waals surface area contributed by atoms with Gasteiger partial charge in [0.25, 0.3) is 0 Å². The molecular weight excluding hydrogens is 276 g/mol. The molecule has 3 N–H and O–H groups in total. The van der Waals surface area contributed by atoms with Crippen LogP contribution in [0.5, 0.6) is 0 Å². The zero-order valence-corrected chi connectivity index (χ0v) is 12.8. The number of carboxylic acids is 1. The summed E-state index contributed by atoms with van der Waals surface area (Å²) >= 11 is 0. The van der Waals surface area contributed by atoms with E-state index < -0.39 is 29.6 Å². The van der Waals surface area contributed by atoms with E-state index in [1.807, 2.05) is 0 Å². The first-order chi connectivity index (χ1) is 9.65. The predicted molar refractivity (Wildman–Crippen MR) is 77.9 cm³/mol. The molecule has 0 radical (unpaired) electrons. The number of ether oxygens (including phenoxy) is 1. The second kappa shape index (κ2) is 8.99. The molecule has 7 heteroatoms. The molecule has 0 saturated heterocycles. The van der Waals surface area contributed by atoms with Crippen molar-refractivity contribution in [2.75, 3.05) is 6.54 Å². The summed E-state index contributed by atoms with van der Waals surface area (Å²) in [5.41, 5.74) is -0.620. The van der Waals surface area contributed by atoms with Gasteiger partial charge in [-0.1, -0.05) is 6.08 Å². The van der Waals surface area contributed by atoms with E-state index in [0.717, 1.165) is 0 Å². The van der Waals surface area contributed by atoms with Gasteiger partial charge in [-0.3, -0.25) is 4.79 Å². The van der Waals surface area contributed by atoms with Crippen LogP contribution in [0.4, 0.5) is 4.79 Å². The first-order valence-corrected chi connectivity index (χ1v) is 6.75. The smallest absolute Gasteiger partial charge is 0.326 e.